The summed E-state index contributed by atoms with van der Waals surface area (Å²) in [5.41, 5.74) is 4.58. The summed E-state index contributed by atoms with van der Waals surface area (Å²) in [5, 5.41) is 11.8. The number of amides is 1. The molecule has 0 aromatic carbocycles. The second-order valence-electron chi connectivity index (χ2n) is 5.81. The zero-order valence-electron chi connectivity index (χ0n) is 13.1. The van der Waals surface area contributed by atoms with E-state index in [0.717, 1.165) is 27.9 Å². The maximum Gasteiger partial charge on any atom is 0.265 e. The molecule has 2 heterocycles. The third-order valence-corrected chi connectivity index (χ3v) is 4.35. The normalized spacial score (nSPS) is 12.7. The van der Waals surface area contributed by atoms with E-state index in [9.17, 15) is 4.79 Å². The summed E-state index contributed by atoms with van der Waals surface area (Å²) < 4.78 is 3.10. The van der Waals surface area contributed by atoms with Crippen LogP contribution in [0.1, 0.15) is 32.2 Å². The fraction of sp³-hybridized carbons (Fsp3) is 0.467. The van der Waals surface area contributed by atoms with Gasteiger partial charge in [-0.2, -0.15) is 0 Å². The number of halogens is 1. The van der Waals surface area contributed by atoms with Crippen LogP contribution in [0, 0.1) is 12.8 Å². The number of nitrogens with one attached hydrogen (secondary N) is 2. The first-order valence-electron chi connectivity index (χ1n) is 7.22. The molecule has 0 spiro atoms. The van der Waals surface area contributed by atoms with Gasteiger partial charge >= 0.3 is 0 Å². The number of pyridine rings is 1. The van der Waals surface area contributed by atoms with Crippen LogP contribution in [0.5, 0.6) is 0 Å². The standard InChI is InChI=1S/C15H21BrN4O2/c1-8(2)7-12-14(17-9(3)15(21)19-22)18-13-6-5-11(16)10(4)20(12)13/h5-6,8-9,17,22H,7H2,1-4H3,(H,19,21). The molecule has 0 bridgehead atoms. The van der Waals surface area contributed by atoms with E-state index >= 15 is 0 Å². The molecule has 1 atom stereocenters. The topological polar surface area (TPSA) is 78.7 Å². The molecule has 1 unspecified atom stereocenters. The van der Waals surface area contributed by atoms with Gasteiger partial charge in [-0.3, -0.25) is 14.4 Å². The van der Waals surface area contributed by atoms with E-state index in [1.165, 1.54) is 0 Å². The van der Waals surface area contributed by atoms with Crippen molar-refractivity contribution in [1.82, 2.24) is 14.9 Å². The largest absolute Gasteiger partial charge is 0.357 e. The van der Waals surface area contributed by atoms with Crippen LogP contribution < -0.4 is 10.8 Å². The van der Waals surface area contributed by atoms with Crippen molar-refractivity contribution < 1.29 is 10.0 Å². The molecular weight excluding hydrogens is 348 g/mol. The molecule has 2 aromatic rings. The Hall–Kier alpha value is -1.60. The number of nitrogens with zero attached hydrogens (tertiary/aromatic N) is 2. The SMILES string of the molecule is Cc1c(Br)ccc2nc(NC(C)C(=O)NO)c(CC(C)C)n12. The minimum atomic E-state index is -0.579. The van der Waals surface area contributed by atoms with E-state index < -0.39 is 11.9 Å². The zero-order chi connectivity index (χ0) is 16.4. The third kappa shape index (κ3) is 3.25. The predicted molar refractivity (Wildman–Crippen MR) is 89.2 cm³/mol. The fourth-order valence-corrected chi connectivity index (χ4v) is 2.70. The monoisotopic (exact) mass is 368 g/mol. The molecule has 2 aromatic heterocycles. The van der Waals surface area contributed by atoms with Crippen LogP contribution in [0.3, 0.4) is 0 Å². The first-order chi connectivity index (χ1) is 10.3. The number of anilines is 1. The Balaban J connectivity index is 2.53. The van der Waals surface area contributed by atoms with Gasteiger partial charge in [-0.1, -0.05) is 13.8 Å². The lowest BCUT2D eigenvalue weighted by Gasteiger charge is -2.14. The van der Waals surface area contributed by atoms with Gasteiger partial charge in [-0.25, -0.2) is 10.5 Å². The van der Waals surface area contributed by atoms with Crippen LogP contribution in [0.15, 0.2) is 16.6 Å². The maximum absolute atomic E-state index is 11.5. The lowest BCUT2D eigenvalue weighted by atomic mass is 10.1. The van der Waals surface area contributed by atoms with Crippen molar-refractivity contribution in [3.8, 4) is 0 Å². The predicted octanol–water partition coefficient (Wildman–Crippen LogP) is 2.91. The Bertz CT molecular complexity index is 696. The third-order valence-electron chi connectivity index (χ3n) is 3.52. The lowest BCUT2D eigenvalue weighted by molar-refractivity contribution is -0.129. The maximum atomic E-state index is 11.5. The number of carbonyl (C=O) groups excluding carboxylic acids is 1. The van der Waals surface area contributed by atoms with E-state index in [0.29, 0.717) is 11.7 Å². The summed E-state index contributed by atoms with van der Waals surface area (Å²) in [6.07, 6.45) is 0.828. The van der Waals surface area contributed by atoms with Gasteiger partial charge < -0.3 is 5.32 Å². The Morgan fingerprint density at radius 2 is 2.09 bits per heavy atom. The zero-order valence-corrected chi connectivity index (χ0v) is 14.7. The first kappa shape index (κ1) is 16.8. The number of hydrogen-bond donors (Lipinski definition) is 3. The van der Waals surface area contributed by atoms with Crippen molar-refractivity contribution in [1.29, 1.82) is 0 Å². The lowest BCUT2D eigenvalue weighted by Crippen LogP contribution is -2.36. The molecule has 0 saturated heterocycles. The van der Waals surface area contributed by atoms with Gasteiger partial charge in [0.05, 0.1) is 5.69 Å². The molecule has 1 amide bonds. The molecule has 22 heavy (non-hydrogen) atoms. The Morgan fingerprint density at radius 3 is 2.68 bits per heavy atom. The average molecular weight is 369 g/mol. The number of hydroxylamine groups is 1. The van der Waals surface area contributed by atoms with Crippen molar-refractivity contribution in [3.05, 3.63) is 28.0 Å². The number of carbonyl (C=O) groups is 1. The highest BCUT2D eigenvalue weighted by Gasteiger charge is 2.20. The minimum absolute atomic E-state index is 0.445. The van der Waals surface area contributed by atoms with Crippen LogP contribution in [-0.2, 0) is 11.2 Å². The Morgan fingerprint density at radius 1 is 1.41 bits per heavy atom. The van der Waals surface area contributed by atoms with Gasteiger partial charge in [0.2, 0.25) is 0 Å². The van der Waals surface area contributed by atoms with Crippen molar-refractivity contribution in [2.75, 3.05) is 5.32 Å². The summed E-state index contributed by atoms with van der Waals surface area (Å²) >= 11 is 3.55. The van der Waals surface area contributed by atoms with Crippen LogP contribution in [0.2, 0.25) is 0 Å². The van der Waals surface area contributed by atoms with E-state index in [4.69, 9.17) is 5.21 Å². The molecule has 0 aliphatic rings. The second kappa shape index (κ2) is 6.66. The summed E-state index contributed by atoms with van der Waals surface area (Å²) in [6, 6.07) is 3.32. The number of aryl methyl sites for hydroxylation is 1. The van der Waals surface area contributed by atoms with Crippen molar-refractivity contribution in [2.45, 2.75) is 40.2 Å². The number of hydrogen-bond acceptors (Lipinski definition) is 4. The van der Waals surface area contributed by atoms with Crippen molar-refractivity contribution >= 4 is 33.3 Å². The summed E-state index contributed by atoms with van der Waals surface area (Å²) in [7, 11) is 0. The molecule has 2 rings (SSSR count). The van der Waals surface area contributed by atoms with Crippen molar-refractivity contribution in [2.24, 2.45) is 5.92 Å². The van der Waals surface area contributed by atoms with Gasteiger partial charge in [0.25, 0.3) is 5.91 Å². The summed E-state index contributed by atoms with van der Waals surface area (Å²) in [5.74, 6) is 0.622. The molecular formula is C15H21BrN4O2. The van der Waals surface area contributed by atoms with E-state index in [-0.39, 0.29) is 0 Å². The van der Waals surface area contributed by atoms with Crippen molar-refractivity contribution in [3.63, 3.8) is 0 Å². The second-order valence-corrected chi connectivity index (χ2v) is 6.66. The highest BCUT2D eigenvalue weighted by molar-refractivity contribution is 9.10. The van der Waals surface area contributed by atoms with E-state index in [1.54, 1.807) is 12.4 Å². The number of aromatic nitrogens is 2. The number of fused-ring (bicyclic) bond motifs is 1. The van der Waals surface area contributed by atoms with Crippen LogP contribution >= 0.6 is 15.9 Å². The highest BCUT2D eigenvalue weighted by Crippen LogP contribution is 2.26. The van der Waals surface area contributed by atoms with Gasteiger partial charge in [0.1, 0.15) is 17.5 Å². The molecule has 0 fully saturated rings. The average Bonchev–Trinajstić information content (AvgIpc) is 2.79. The molecule has 120 valence electrons. The molecule has 0 radical (unpaired) electrons. The quantitative estimate of drug-likeness (QED) is 0.559. The molecule has 3 N–H and O–H groups in total. The highest BCUT2D eigenvalue weighted by atomic mass is 79.9. The smallest absolute Gasteiger partial charge is 0.265 e. The molecule has 0 aliphatic carbocycles. The molecule has 0 saturated carbocycles. The van der Waals surface area contributed by atoms with Gasteiger partial charge in [0.15, 0.2) is 0 Å². The van der Waals surface area contributed by atoms with Crippen LogP contribution in [0.25, 0.3) is 5.65 Å². The first-order valence-corrected chi connectivity index (χ1v) is 8.01. The van der Waals surface area contributed by atoms with Crippen LogP contribution in [-0.4, -0.2) is 26.5 Å². The van der Waals surface area contributed by atoms with Gasteiger partial charge in [-0.05, 0) is 54.2 Å². The van der Waals surface area contributed by atoms with E-state index in [1.807, 2.05) is 19.1 Å². The Labute approximate surface area is 138 Å². The van der Waals surface area contributed by atoms with Gasteiger partial charge in [-0.15, -0.1) is 0 Å². The number of imidazole rings is 1. The summed E-state index contributed by atoms with van der Waals surface area (Å²) in [6.45, 7) is 7.98. The minimum Gasteiger partial charge on any atom is -0.357 e. The van der Waals surface area contributed by atoms with Gasteiger partial charge in [0, 0.05) is 10.2 Å². The summed E-state index contributed by atoms with van der Waals surface area (Å²) in [4.78, 5) is 16.1. The number of rotatable bonds is 5. The molecule has 6 nitrogen and oxygen atoms in total. The Kier molecular flexibility index (Phi) is 5.08. The van der Waals surface area contributed by atoms with E-state index in [2.05, 4.69) is 44.5 Å². The fourth-order valence-electron chi connectivity index (χ4n) is 2.39. The molecule has 7 heteroatoms. The van der Waals surface area contributed by atoms with Crippen LogP contribution in [0.4, 0.5) is 5.82 Å². The molecule has 0 aliphatic heterocycles.